The third-order valence-corrected chi connectivity index (χ3v) is 6.74. The standard InChI is InChI=1S/C25H19N3O3/c26-23(29)22-20-19(21-18-8-4-3-6-15(18)11-12-27(21)22)24(30)28(25(20)31)17-10-9-14-5-1-2-7-16(14)13-17/h1-13,19-22H,(H2,26,29)/t19-,20-,21-,22+/m1/s1. The molecule has 3 heterocycles. The molecule has 3 amide bonds. The van der Waals surface area contributed by atoms with Gasteiger partial charge in [-0.05, 0) is 40.1 Å². The molecule has 2 saturated heterocycles. The molecule has 2 fully saturated rings. The summed E-state index contributed by atoms with van der Waals surface area (Å²) in [6.07, 6.45) is 3.69. The molecule has 0 spiro atoms. The number of anilines is 1. The fraction of sp³-hybridized carbons (Fsp3) is 0.160. The lowest BCUT2D eigenvalue weighted by Gasteiger charge is -2.34. The number of rotatable bonds is 2. The molecule has 6 rings (SSSR count). The van der Waals surface area contributed by atoms with E-state index in [1.807, 2.05) is 66.7 Å². The lowest BCUT2D eigenvalue weighted by Crippen LogP contribution is -2.46. The van der Waals surface area contributed by atoms with E-state index in [9.17, 15) is 14.4 Å². The van der Waals surface area contributed by atoms with Crippen LogP contribution in [0.15, 0.2) is 72.9 Å². The first kappa shape index (κ1) is 17.9. The van der Waals surface area contributed by atoms with Crippen LogP contribution in [-0.2, 0) is 14.4 Å². The predicted molar refractivity (Wildman–Crippen MR) is 116 cm³/mol. The van der Waals surface area contributed by atoms with Crippen molar-refractivity contribution in [3.8, 4) is 0 Å². The molecule has 3 aromatic rings. The van der Waals surface area contributed by atoms with Crippen molar-refractivity contribution in [1.29, 1.82) is 0 Å². The van der Waals surface area contributed by atoms with Gasteiger partial charge in [0.05, 0.1) is 23.6 Å². The summed E-state index contributed by atoms with van der Waals surface area (Å²) < 4.78 is 0. The van der Waals surface area contributed by atoms with Gasteiger partial charge in [0, 0.05) is 6.20 Å². The second kappa shape index (κ2) is 6.28. The van der Waals surface area contributed by atoms with E-state index >= 15 is 0 Å². The predicted octanol–water partition coefficient (Wildman–Crippen LogP) is 2.84. The van der Waals surface area contributed by atoms with Crippen molar-refractivity contribution < 1.29 is 14.4 Å². The first-order valence-electron chi connectivity index (χ1n) is 10.3. The molecular weight excluding hydrogens is 390 g/mol. The normalized spacial score (nSPS) is 26.2. The van der Waals surface area contributed by atoms with Gasteiger partial charge in [-0.2, -0.15) is 0 Å². The van der Waals surface area contributed by atoms with E-state index < -0.39 is 29.8 Å². The molecule has 0 aromatic heterocycles. The van der Waals surface area contributed by atoms with E-state index in [0.717, 1.165) is 21.9 Å². The number of carbonyl (C=O) groups excluding carboxylic acids is 3. The van der Waals surface area contributed by atoms with E-state index in [1.165, 1.54) is 4.90 Å². The minimum absolute atomic E-state index is 0.283. The highest BCUT2D eigenvalue weighted by Gasteiger charge is 2.64. The molecule has 6 heteroatoms. The molecule has 3 aromatic carbocycles. The summed E-state index contributed by atoms with van der Waals surface area (Å²) in [6, 6.07) is 19.8. The third-order valence-electron chi connectivity index (χ3n) is 6.74. The largest absolute Gasteiger partial charge is 0.368 e. The molecule has 0 unspecified atom stereocenters. The summed E-state index contributed by atoms with van der Waals surface area (Å²) in [5.74, 6) is -2.72. The second-order valence-corrected chi connectivity index (χ2v) is 8.28. The van der Waals surface area contributed by atoms with Crippen molar-refractivity contribution in [3.63, 3.8) is 0 Å². The number of amides is 3. The highest BCUT2D eigenvalue weighted by atomic mass is 16.2. The maximum atomic E-state index is 13.7. The van der Waals surface area contributed by atoms with Crippen molar-refractivity contribution in [2.75, 3.05) is 4.90 Å². The van der Waals surface area contributed by atoms with Gasteiger partial charge in [-0.25, -0.2) is 4.90 Å². The molecule has 31 heavy (non-hydrogen) atoms. The Morgan fingerprint density at radius 1 is 0.839 bits per heavy atom. The van der Waals surface area contributed by atoms with E-state index in [0.29, 0.717) is 5.69 Å². The Balaban J connectivity index is 1.49. The lowest BCUT2D eigenvalue weighted by molar-refractivity contribution is -0.129. The van der Waals surface area contributed by atoms with Crippen molar-refractivity contribution in [1.82, 2.24) is 4.90 Å². The van der Waals surface area contributed by atoms with Crippen LogP contribution in [0, 0.1) is 11.8 Å². The Kier molecular flexibility index (Phi) is 3.63. The summed E-state index contributed by atoms with van der Waals surface area (Å²) in [7, 11) is 0. The van der Waals surface area contributed by atoms with E-state index in [-0.39, 0.29) is 11.8 Å². The molecule has 3 aliphatic rings. The Bertz CT molecular complexity index is 1310. The monoisotopic (exact) mass is 409 g/mol. The first-order chi connectivity index (χ1) is 15.1. The summed E-state index contributed by atoms with van der Waals surface area (Å²) in [4.78, 5) is 42.7. The zero-order valence-electron chi connectivity index (χ0n) is 16.5. The molecule has 0 radical (unpaired) electrons. The number of primary amides is 1. The van der Waals surface area contributed by atoms with Crippen LogP contribution < -0.4 is 10.6 Å². The molecule has 0 saturated carbocycles. The van der Waals surface area contributed by atoms with Crippen molar-refractivity contribution >= 4 is 40.3 Å². The van der Waals surface area contributed by atoms with Crippen LogP contribution in [0.3, 0.4) is 0 Å². The zero-order chi connectivity index (χ0) is 21.3. The lowest BCUT2D eigenvalue weighted by atomic mass is 9.84. The van der Waals surface area contributed by atoms with Gasteiger partial charge in [-0.15, -0.1) is 0 Å². The van der Waals surface area contributed by atoms with Gasteiger partial charge >= 0.3 is 0 Å². The Labute approximate surface area is 178 Å². The highest BCUT2D eigenvalue weighted by molar-refractivity contribution is 6.24. The fourth-order valence-corrected chi connectivity index (χ4v) is 5.45. The molecule has 0 aliphatic carbocycles. The Morgan fingerprint density at radius 2 is 1.55 bits per heavy atom. The quantitative estimate of drug-likeness (QED) is 0.660. The summed E-state index contributed by atoms with van der Waals surface area (Å²) in [5, 5.41) is 1.97. The number of fused-ring (bicyclic) bond motifs is 6. The number of nitrogens with zero attached hydrogens (tertiary/aromatic N) is 2. The van der Waals surface area contributed by atoms with Crippen molar-refractivity contribution in [3.05, 3.63) is 84.1 Å². The highest BCUT2D eigenvalue weighted by Crippen LogP contribution is 2.53. The average Bonchev–Trinajstić information content (AvgIpc) is 3.26. The van der Waals surface area contributed by atoms with Gasteiger partial charge in [0.15, 0.2) is 0 Å². The molecular formula is C25H19N3O3. The fourth-order valence-electron chi connectivity index (χ4n) is 5.45. The van der Waals surface area contributed by atoms with Crippen LogP contribution >= 0.6 is 0 Å². The van der Waals surface area contributed by atoms with Crippen LogP contribution in [0.5, 0.6) is 0 Å². The van der Waals surface area contributed by atoms with Gasteiger partial charge in [-0.1, -0.05) is 54.6 Å². The molecule has 4 atom stereocenters. The molecule has 152 valence electrons. The van der Waals surface area contributed by atoms with Gasteiger partial charge in [-0.3, -0.25) is 14.4 Å². The summed E-state index contributed by atoms with van der Waals surface area (Å²) >= 11 is 0. The minimum atomic E-state index is -0.860. The average molecular weight is 409 g/mol. The van der Waals surface area contributed by atoms with Crippen molar-refractivity contribution in [2.24, 2.45) is 17.6 Å². The minimum Gasteiger partial charge on any atom is -0.368 e. The van der Waals surface area contributed by atoms with Gasteiger partial charge < -0.3 is 10.6 Å². The molecule has 3 aliphatic heterocycles. The molecule has 0 bridgehead atoms. The van der Waals surface area contributed by atoms with Gasteiger partial charge in [0.2, 0.25) is 17.7 Å². The maximum absolute atomic E-state index is 13.7. The summed E-state index contributed by atoms with van der Waals surface area (Å²) in [5.41, 5.74) is 8.19. The number of imide groups is 1. The van der Waals surface area contributed by atoms with Crippen LogP contribution in [0.1, 0.15) is 17.2 Å². The molecule has 2 N–H and O–H groups in total. The van der Waals surface area contributed by atoms with E-state index in [1.54, 1.807) is 17.2 Å². The number of nitrogens with two attached hydrogens (primary N) is 1. The van der Waals surface area contributed by atoms with E-state index in [4.69, 9.17) is 5.73 Å². The van der Waals surface area contributed by atoms with Gasteiger partial charge in [0.1, 0.15) is 6.04 Å². The SMILES string of the molecule is NC(=O)[C@@H]1[C@@H]2C(=O)N(c3ccc4ccccc4c3)C(=O)[C@H]2[C@H]2c3ccccc3C=CN12. The number of hydrogen-bond acceptors (Lipinski definition) is 4. The number of carbonyl (C=O) groups is 3. The maximum Gasteiger partial charge on any atom is 0.240 e. The third kappa shape index (κ3) is 2.36. The first-order valence-corrected chi connectivity index (χ1v) is 10.3. The van der Waals surface area contributed by atoms with Crippen LogP contribution in [0.25, 0.3) is 16.8 Å². The Hall–Kier alpha value is -3.93. The molecule has 6 nitrogen and oxygen atoms in total. The number of benzene rings is 3. The topological polar surface area (TPSA) is 83.7 Å². The summed E-state index contributed by atoms with van der Waals surface area (Å²) in [6.45, 7) is 0. The van der Waals surface area contributed by atoms with Crippen LogP contribution in [-0.4, -0.2) is 28.7 Å². The van der Waals surface area contributed by atoms with Crippen LogP contribution in [0.4, 0.5) is 5.69 Å². The van der Waals surface area contributed by atoms with E-state index in [2.05, 4.69) is 0 Å². The number of hydrogen-bond donors (Lipinski definition) is 1. The van der Waals surface area contributed by atoms with Gasteiger partial charge in [0.25, 0.3) is 0 Å². The smallest absolute Gasteiger partial charge is 0.240 e. The van der Waals surface area contributed by atoms with Crippen molar-refractivity contribution in [2.45, 2.75) is 12.1 Å². The Morgan fingerprint density at radius 3 is 2.35 bits per heavy atom. The van der Waals surface area contributed by atoms with Crippen LogP contribution in [0.2, 0.25) is 0 Å². The zero-order valence-corrected chi connectivity index (χ0v) is 16.5. The second-order valence-electron chi connectivity index (χ2n) is 8.28.